The Morgan fingerprint density at radius 1 is 1.12 bits per heavy atom. The highest BCUT2D eigenvalue weighted by Crippen LogP contribution is 2.15. The molecule has 2 aromatic rings. The molecule has 0 aromatic heterocycles. The average molecular weight is 333 g/mol. The summed E-state index contributed by atoms with van der Waals surface area (Å²) in [5.41, 5.74) is 2.41. The lowest BCUT2D eigenvalue weighted by atomic mass is 10.0. The number of benzene rings is 2. The van der Waals surface area contributed by atoms with Gasteiger partial charge < -0.3 is 10.2 Å². The first-order chi connectivity index (χ1) is 11.3. The predicted molar refractivity (Wildman–Crippen MR) is 91.0 cm³/mol. The molecular weight excluding hydrogens is 310 g/mol. The summed E-state index contributed by atoms with van der Waals surface area (Å²) in [4.78, 5) is 13.0. The number of amides is 1. The van der Waals surface area contributed by atoms with Crippen molar-refractivity contribution in [2.45, 2.75) is 26.3 Å². The number of rotatable bonds is 6. The molecule has 0 radical (unpaired) electrons. The van der Waals surface area contributed by atoms with Crippen LogP contribution in [0.25, 0.3) is 0 Å². The van der Waals surface area contributed by atoms with E-state index >= 15 is 0 Å². The van der Waals surface area contributed by atoms with Crippen LogP contribution in [0.4, 0.5) is 14.5 Å². The minimum Gasteiger partial charge on any atom is -0.326 e. The number of nitrogens with one attached hydrogen (secondary N) is 2. The fraction of sp³-hybridized carbons (Fsp3) is 0.316. The third-order valence-electron chi connectivity index (χ3n) is 3.82. The van der Waals surface area contributed by atoms with Crippen LogP contribution in [-0.4, -0.2) is 19.5 Å². The molecule has 2 aromatic carbocycles. The molecule has 0 spiro atoms. The highest BCUT2D eigenvalue weighted by Gasteiger charge is 2.13. The molecule has 24 heavy (non-hydrogen) atoms. The van der Waals surface area contributed by atoms with Crippen LogP contribution in [0.5, 0.6) is 0 Å². The van der Waals surface area contributed by atoms with Crippen molar-refractivity contribution in [1.82, 2.24) is 0 Å². The van der Waals surface area contributed by atoms with Gasteiger partial charge >= 0.3 is 0 Å². The van der Waals surface area contributed by atoms with Gasteiger partial charge in [-0.1, -0.05) is 38.1 Å². The third kappa shape index (κ3) is 5.13. The number of carbonyl (C=O) groups is 1. The molecule has 0 saturated carbocycles. The monoisotopic (exact) mass is 333 g/mol. The lowest BCUT2D eigenvalue weighted by Crippen LogP contribution is -3.08. The van der Waals surface area contributed by atoms with Gasteiger partial charge in [0, 0.05) is 11.6 Å². The smallest absolute Gasteiger partial charge is 0.279 e. The molecule has 128 valence electrons. The Morgan fingerprint density at radius 3 is 2.38 bits per heavy atom. The number of anilines is 1. The molecule has 0 saturated heterocycles. The predicted octanol–water partition coefficient (Wildman–Crippen LogP) is 2.74. The zero-order valence-electron chi connectivity index (χ0n) is 14.2. The van der Waals surface area contributed by atoms with E-state index in [1.54, 1.807) is 0 Å². The molecule has 0 aliphatic heterocycles. The molecule has 0 aliphatic rings. The van der Waals surface area contributed by atoms with Gasteiger partial charge in [0.2, 0.25) is 0 Å². The Bertz CT molecular complexity index is 699. The lowest BCUT2D eigenvalue weighted by molar-refractivity contribution is -0.885. The van der Waals surface area contributed by atoms with E-state index in [0.717, 1.165) is 22.6 Å². The van der Waals surface area contributed by atoms with Crippen molar-refractivity contribution in [1.29, 1.82) is 0 Å². The maximum atomic E-state index is 13.5. The zero-order valence-corrected chi connectivity index (χ0v) is 14.2. The second-order valence-electron chi connectivity index (χ2n) is 6.38. The van der Waals surface area contributed by atoms with Crippen LogP contribution in [-0.2, 0) is 11.3 Å². The van der Waals surface area contributed by atoms with Gasteiger partial charge in [0.15, 0.2) is 6.54 Å². The van der Waals surface area contributed by atoms with Gasteiger partial charge in [0.05, 0.1) is 12.7 Å². The van der Waals surface area contributed by atoms with E-state index < -0.39 is 11.6 Å². The van der Waals surface area contributed by atoms with Crippen LogP contribution in [0.15, 0.2) is 42.5 Å². The van der Waals surface area contributed by atoms with E-state index in [1.165, 1.54) is 11.6 Å². The largest absolute Gasteiger partial charge is 0.326 e. The highest BCUT2D eigenvalue weighted by atomic mass is 19.1. The van der Waals surface area contributed by atoms with Crippen molar-refractivity contribution in [3.05, 3.63) is 65.2 Å². The Hall–Kier alpha value is -2.27. The molecule has 1 amide bonds. The Morgan fingerprint density at radius 2 is 1.79 bits per heavy atom. The van der Waals surface area contributed by atoms with Gasteiger partial charge in [-0.05, 0) is 23.6 Å². The van der Waals surface area contributed by atoms with E-state index in [0.29, 0.717) is 12.5 Å². The van der Waals surface area contributed by atoms with Crippen molar-refractivity contribution in [3.8, 4) is 0 Å². The first-order valence-corrected chi connectivity index (χ1v) is 8.00. The molecule has 0 fully saturated rings. The summed E-state index contributed by atoms with van der Waals surface area (Å²) in [5, 5.41) is 2.48. The minimum absolute atomic E-state index is 0.00418. The van der Waals surface area contributed by atoms with Crippen LogP contribution in [0.1, 0.15) is 30.9 Å². The summed E-state index contributed by atoms with van der Waals surface area (Å²) in [7, 11) is 1.90. The summed E-state index contributed by atoms with van der Waals surface area (Å²) >= 11 is 0. The van der Waals surface area contributed by atoms with Gasteiger partial charge in [0.1, 0.15) is 18.2 Å². The fourth-order valence-corrected chi connectivity index (χ4v) is 2.49. The van der Waals surface area contributed by atoms with Crippen molar-refractivity contribution in [2.24, 2.45) is 0 Å². The molecular formula is C19H23F2N2O+. The Labute approximate surface area is 141 Å². The quantitative estimate of drug-likeness (QED) is 0.837. The van der Waals surface area contributed by atoms with Gasteiger partial charge in [0.25, 0.3) is 5.91 Å². The summed E-state index contributed by atoms with van der Waals surface area (Å²) in [6.45, 7) is 5.18. The Balaban J connectivity index is 1.89. The van der Waals surface area contributed by atoms with E-state index in [4.69, 9.17) is 0 Å². The molecule has 0 aliphatic carbocycles. The maximum Gasteiger partial charge on any atom is 0.279 e. The number of likely N-dealkylation sites (N-methyl/N-ethyl adjacent to an activating group) is 1. The first-order valence-electron chi connectivity index (χ1n) is 8.00. The lowest BCUT2D eigenvalue weighted by Gasteiger charge is -2.15. The summed E-state index contributed by atoms with van der Waals surface area (Å²) < 4.78 is 26.4. The third-order valence-corrected chi connectivity index (χ3v) is 3.82. The molecule has 2 N–H and O–H groups in total. The van der Waals surface area contributed by atoms with Crippen molar-refractivity contribution >= 4 is 11.6 Å². The van der Waals surface area contributed by atoms with Crippen LogP contribution in [0.2, 0.25) is 0 Å². The second kappa shape index (κ2) is 8.02. The SMILES string of the molecule is CC(C)c1ccc(C[NH+](C)CC(=O)Nc2ccc(F)cc2F)cc1. The molecule has 1 atom stereocenters. The van der Waals surface area contributed by atoms with Gasteiger partial charge in [-0.2, -0.15) is 0 Å². The number of halogens is 2. The minimum atomic E-state index is -0.773. The van der Waals surface area contributed by atoms with Crippen molar-refractivity contribution in [3.63, 3.8) is 0 Å². The normalized spacial score (nSPS) is 12.2. The molecule has 0 bridgehead atoms. The molecule has 2 rings (SSSR count). The number of carbonyl (C=O) groups excluding carboxylic acids is 1. The second-order valence-corrected chi connectivity index (χ2v) is 6.38. The van der Waals surface area contributed by atoms with Gasteiger partial charge in [-0.3, -0.25) is 4.79 Å². The molecule has 3 nitrogen and oxygen atoms in total. The molecule has 1 unspecified atom stereocenters. The maximum absolute atomic E-state index is 13.5. The van der Waals surface area contributed by atoms with E-state index in [-0.39, 0.29) is 18.1 Å². The van der Waals surface area contributed by atoms with Crippen LogP contribution in [0, 0.1) is 11.6 Å². The number of hydrogen-bond donors (Lipinski definition) is 2. The zero-order chi connectivity index (χ0) is 17.7. The van der Waals surface area contributed by atoms with E-state index in [9.17, 15) is 13.6 Å². The fourth-order valence-electron chi connectivity index (χ4n) is 2.49. The van der Waals surface area contributed by atoms with Gasteiger partial charge in [-0.25, -0.2) is 8.78 Å². The summed E-state index contributed by atoms with van der Waals surface area (Å²) in [6, 6.07) is 11.4. The van der Waals surface area contributed by atoms with Crippen molar-refractivity contribution < 1.29 is 18.5 Å². The van der Waals surface area contributed by atoms with Crippen molar-refractivity contribution in [2.75, 3.05) is 18.9 Å². The van der Waals surface area contributed by atoms with Crippen LogP contribution >= 0.6 is 0 Å². The number of hydrogen-bond acceptors (Lipinski definition) is 1. The first kappa shape index (κ1) is 18.1. The molecule has 5 heteroatoms. The number of quaternary nitrogens is 1. The Kier molecular flexibility index (Phi) is 6.04. The molecule has 0 heterocycles. The van der Waals surface area contributed by atoms with E-state index in [1.807, 2.05) is 7.05 Å². The van der Waals surface area contributed by atoms with Crippen LogP contribution in [0.3, 0.4) is 0 Å². The summed E-state index contributed by atoms with van der Waals surface area (Å²) in [6.07, 6.45) is 0. The standard InChI is InChI=1S/C19H22F2N2O/c1-13(2)15-6-4-14(5-7-15)11-23(3)12-19(24)22-18-9-8-16(20)10-17(18)21/h4-10,13H,11-12H2,1-3H3,(H,22,24)/p+1. The van der Waals surface area contributed by atoms with Crippen LogP contribution < -0.4 is 10.2 Å². The topological polar surface area (TPSA) is 33.5 Å². The summed E-state index contributed by atoms with van der Waals surface area (Å²) in [5.74, 6) is -1.26. The highest BCUT2D eigenvalue weighted by molar-refractivity contribution is 5.91. The van der Waals surface area contributed by atoms with E-state index in [2.05, 4.69) is 43.4 Å². The average Bonchev–Trinajstić information content (AvgIpc) is 2.50. The van der Waals surface area contributed by atoms with Gasteiger partial charge in [-0.15, -0.1) is 0 Å².